The van der Waals surface area contributed by atoms with E-state index in [1.165, 1.54) is 31.2 Å². The van der Waals surface area contributed by atoms with Gasteiger partial charge in [-0.05, 0) is 44.5 Å². The fourth-order valence-electron chi connectivity index (χ4n) is 3.73. The number of aromatic nitrogens is 1. The van der Waals surface area contributed by atoms with Crippen LogP contribution in [0.3, 0.4) is 0 Å². The van der Waals surface area contributed by atoms with E-state index in [-0.39, 0.29) is 11.5 Å². The number of amides is 3. The maximum Gasteiger partial charge on any atom is 0.387 e. The number of hydrogen-bond acceptors (Lipinski definition) is 4. The number of aryl methyl sites for hydroxylation is 1. The van der Waals surface area contributed by atoms with Crippen LogP contribution in [-0.4, -0.2) is 40.3 Å². The van der Waals surface area contributed by atoms with Crippen LogP contribution in [0.2, 0.25) is 0 Å². The second-order valence-corrected chi connectivity index (χ2v) is 7.46. The van der Waals surface area contributed by atoms with Crippen LogP contribution in [0.4, 0.5) is 13.6 Å². The monoisotopic (exact) mass is 431 g/mol. The van der Waals surface area contributed by atoms with E-state index in [1.54, 1.807) is 19.1 Å². The molecule has 1 saturated heterocycles. The number of allylic oxidation sites excluding steroid dienone is 1. The maximum absolute atomic E-state index is 13.0. The van der Waals surface area contributed by atoms with Gasteiger partial charge in [0.25, 0.3) is 5.91 Å². The Morgan fingerprint density at radius 2 is 1.90 bits per heavy atom. The molecule has 1 aromatic heterocycles. The Bertz CT molecular complexity index is 1050. The third-order valence-electron chi connectivity index (χ3n) is 5.42. The number of halogens is 2. The Morgan fingerprint density at radius 1 is 1.26 bits per heavy atom. The summed E-state index contributed by atoms with van der Waals surface area (Å²) < 4.78 is 30.9. The van der Waals surface area contributed by atoms with Crippen LogP contribution in [0.5, 0.6) is 5.75 Å². The van der Waals surface area contributed by atoms with Crippen molar-refractivity contribution in [3.8, 4) is 5.75 Å². The molecule has 1 fully saturated rings. The topological polar surface area (TPSA) is 80.6 Å². The Hall–Kier alpha value is -3.49. The molecule has 1 aliphatic rings. The summed E-state index contributed by atoms with van der Waals surface area (Å²) in [6.45, 7) is 6.01. The number of rotatable bonds is 8. The zero-order valence-corrected chi connectivity index (χ0v) is 17.4. The van der Waals surface area contributed by atoms with E-state index < -0.39 is 30.6 Å². The highest BCUT2D eigenvalue weighted by atomic mass is 19.3. The van der Waals surface area contributed by atoms with Crippen molar-refractivity contribution in [2.75, 3.05) is 6.54 Å². The van der Waals surface area contributed by atoms with Crippen LogP contribution in [0.1, 0.15) is 34.2 Å². The first-order valence-electron chi connectivity index (χ1n) is 9.58. The minimum absolute atomic E-state index is 0.0685. The highest BCUT2D eigenvalue weighted by Gasteiger charge is 2.49. The van der Waals surface area contributed by atoms with Crippen LogP contribution in [0, 0.1) is 13.8 Å². The summed E-state index contributed by atoms with van der Waals surface area (Å²) in [6, 6.07) is 6.44. The standard InChI is InChI=1S/C22H23F2N3O4/c1-5-10-26-13(2)11-17(14(26)3)18(28)12-27-19(29)22(4,25-21(27)30)15-6-8-16(9-7-15)31-20(23)24/h5-9,11,20H,1,10,12H2,2-4H3,(H,25,30). The minimum Gasteiger partial charge on any atom is -0.435 e. The molecule has 0 aliphatic carbocycles. The van der Waals surface area contributed by atoms with Crippen molar-refractivity contribution in [3.63, 3.8) is 0 Å². The molecule has 2 heterocycles. The molecule has 31 heavy (non-hydrogen) atoms. The number of benzene rings is 1. The third-order valence-corrected chi connectivity index (χ3v) is 5.42. The van der Waals surface area contributed by atoms with E-state index in [2.05, 4.69) is 16.6 Å². The average molecular weight is 431 g/mol. The number of imide groups is 1. The van der Waals surface area contributed by atoms with Gasteiger partial charge in [0.05, 0.1) is 6.54 Å². The number of alkyl halides is 2. The van der Waals surface area contributed by atoms with Crippen molar-refractivity contribution in [1.82, 2.24) is 14.8 Å². The lowest BCUT2D eigenvalue weighted by Gasteiger charge is -2.22. The summed E-state index contributed by atoms with van der Waals surface area (Å²) >= 11 is 0. The number of ether oxygens (including phenoxy) is 1. The van der Waals surface area contributed by atoms with Crippen LogP contribution in [0.15, 0.2) is 43.0 Å². The molecule has 3 rings (SSSR count). The molecule has 1 atom stereocenters. The molecule has 0 bridgehead atoms. The first-order valence-corrected chi connectivity index (χ1v) is 9.58. The molecule has 1 aromatic carbocycles. The predicted octanol–water partition coefficient (Wildman–Crippen LogP) is 3.54. The summed E-state index contributed by atoms with van der Waals surface area (Å²) in [5.41, 5.74) is 0.981. The number of urea groups is 1. The average Bonchev–Trinajstić information content (AvgIpc) is 3.11. The number of nitrogens with one attached hydrogen (secondary N) is 1. The summed E-state index contributed by atoms with van der Waals surface area (Å²) in [4.78, 5) is 39.3. The summed E-state index contributed by atoms with van der Waals surface area (Å²) in [6.07, 6.45) is 1.72. The molecule has 7 nitrogen and oxygen atoms in total. The van der Waals surface area contributed by atoms with Crippen molar-refractivity contribution in [3.05, 3.63) is 65.5 Å². The second-order valence-electron chi connectivity index (χ2n) is 7.46. The van der Waals surface area contributed by atoms with Crippen molar-refractivity contribution in [1.29, 1.82) is 0 Å². The van der Waals surface area contributed by atoms with Crippen molar-refractivity contribution in [2.24, 2.45) is 0 Å². The van der Waals surface area contributed by atoms with Gasteiger partial charge in [0.15, 0.2) is 5.78 Å². The van der Waals surface area contributed by atoms with Crippen LogP contribution in [0.25, 0.3) is 0 Å². The van der Waals surface area contributed by atoms with Gasteiger partial charge in [-0.1, -0.05) is 18.2 Å². The Balaban J connectivity index is 1.81. The fraction of sp³-hybridized carbons (Fsp3) is 0.318. The number of hydrogen-bond donors (Lipinski definition) is 1. The lowest BCUT2D eigenvalue weighted by Crippen LogP contribution is -2.41. The first kappa shape index (κ1) is 22.2. The molecule has 0 radical (unpaired) electrons. The molecular formula is C22H23F2N3O4. The number of nitrogens with zero attached hydrogens (tertiary/aromatic N) is 2. The molecule has 2 aromatic rings. The fourth-order valence-corrected chi connectivity index (χ4v) is 3.73. The van der Waals surface area contributed by atoms with Crippen molar-refractivity contribution < 1.29 is 27.9 Å². The van der Waals surface area contributed by atoms with Crippen LogP contribution < -0.4 is 10.1 Å². The molecule has 1 N–H and O–H groups in total. The predicted molar refractivity (Wildman–Crippen MR) is 109 cm³/mol. The van der Waals surface area contributed by atoms with E-state index in [0.717, 1.165) is 16.3 Å². The highest BCUT2D eigenvalue weighted by Crippen LogP contribution is 2.30. The summed E-state index contributed by atoms with van der Waals surface area (Å²) in [5, 5.41) is 2.59. The SMILES string of the molecule is C=CCn1c(C)cc(C(=O)CN2C(=O)NC(C)(c3ccc(OC(F)F)cc3)C2=O)c1C. The number of Topliss-reactive ketones (excluding diaryl/α,β-unsaturated/α-hetero) is 1. The quantitative estimate of drug-likeness (QED) is 0.394. The molecule has 0 spiro atoms. The van der Waals surface area contributed by atoms with Gasteiger partial charge < -0.3 is 14.6 Å². The molecule has 9 heteroatoms. The smallest absolute Gasteiger partial charge is 0.387 e. The molecule has 1 aliphatic heterocycles. The number of carbonyl (C=O) groups is 3. The van der Waals surface area contributed by atoms with Gasteiger partial charge in [0.2, 0.25) is 0 Å². The van der Waals surface area contributed by atoms with Gasteiger partial charge in [0.1, 0.15) is 11.3 Å². The molecule has 3 amide bonds. The van der Waals surface area contributed by atoms with Crippen LogP contribution >= 0.6 is 0 Å². The van der Waals surface area contributed by atoms with Crippen molar-refractivity contribution >= 4 is 17.7 Å². The van der Waals surface area contributed by atoms with Crippen molar-refractivity contribution in [2.45, 2.75) is 39.5 Å². The highest BCUT2D eigenvalue weighted by molar-refractivity contribution is 6.11. The van der Waals surface area contributed by atoms with E-state index in [1.807, 2.05) is 11.5 Å². The molecular weight excluding hydrogens is 408 g/mol. The van der Waals surface area contributed by atoms with Gasteiger partial charge in [0, 0.05) is 23.5 Å². The van der Waals surface area contributed by atoms with Gasteiger partial charge in [-0.3, -0.25) is 14.5 Å². The lowest BCUT2D eigenvalue weighted by molar-refractivity contribution is -0.130. The van der Waals surface area contributed by atoms with E-state index in [0.29, 0.717) is 17.7 Å². The zero-order chi connectivity index (χ0) is 22.9. The number of ketones is 1. The van der Waals surface area contributed by atoms with Gasteiger partial charge in [-0.15, -0.1) is 6.58 Å². The molecule has 1 unspecified atom stereocenters. The van der Waals surface area contributed by atoms with Gasteiger partial charge >= 0.3 is 12.6 Å². The second kappa shape index (κ2) is 8.33. The summed E-state index contributed by atoms with van der Waals surface area (Å²) in [5.74, 6) is -1.04. The Kier molecular flexibility index (Phi) is 5.97. The normalized spacial score (nSPS) is 18.5. The van der Waals surface area contributed by atoms with E-state index >= 15 is 0 Å². The molecule has 164 valence electrons. The Morgan fingerprint density at radius 3 is 2.48 bits per heavy atom. The maximum atomic E-state index is 13.0. The third kappa shape index (κ3) is 4.08. The minimum atomic E-state index is -2.97. The number of carbonyl (C=O) groups excluding carboxylic acids is 3. The largest absolute Gasteiger partial charge is 0.435 e. The van der Waals surface area contributed by atoms with E-state index in [4.69, 9.17) is 0 Å². The zero-order valence-electron chi connectivity index (χ0n) is 17.4. The summed E-state index contributed by atoms with van der Waals surface area (Å²) in [7, 11) is 0. The lowest BCUT2D eigenvalue weighted by atomic mass is 9.92. The van der Waals surface area contributed by atoms with Crippen LogP contribution in [-0.2, 0) is 16.9 Å². The van der Waals surface area contributed by atoms with Gasteiger partial charge in [-0.25, -0.2) is 4.79 Å². The van der Waals surface area contributed by atoms with Gasteiger partial charge in [-0.2, -0.15) is 8.78 Å². The Labute approximate surface area is 178 Å². The van der Waals surface area contributed by atoms with E-state index in [9.17, 15) is 23.2 Å². The first-order chi connectivity index (χ1) is 14.6. The molecule has 0 saturated carbocycles.